The molecule has 0 aliphatic carbocycles. The zero-order chi connectivity index (χ0) is 7.78. The van der Waals surface area contributed by atoms with Crippen LogP contribution in [0.25, 0.3) is 0 Å². The van der Waals surface area contributed by atoms with Crippen LogP contribution in [-0.4, -0.2) is 17.9 Å². The van der Waals surface area contributed by atoms with Crippen LogP contribution in [0.2, 0.25) is 0 Å². The third-order valence-electron chi connectivity index (χ3n) is 1.49. The molecular formula is C7H12O3. The fraction of sp³-hybridized carbons (Fsp3) is 0.857. The number of cyclic esters (lactones) is 1. The summed E-state index contributed by atoms with van der Waals surface area (Å²) in [7, 11) is 0. The maximum absolute atomic E-state index is 10.9. The molecule has 0 amide bonds. The summed E-state index contributed by atoms with van der Waals surface area (Å²) in [5.74, 6) is -0.264. The van der Waals surface area contributed by atoms with Gasteiger partial charge in [0.05, 0.1) is 0 Å². The number of carbonyl (C=O) groups is 1. The first kappa shape index (κ1) is 7.54. The van der Waals surface area contributed by atoms with Crippen LogP contribution in [0, 0.1) is 0 Å². The summed E-state index contributed by atoms with van der Waals surface area (Å²) < 4.78 is 10.1. The molecule has 1 atom stereocenters. The molecule has 1 unspecified atom stereocenters. The van der Waals surface area contributed by atoms with Gasteiger partial charge >= 0.3 is 5.97 Å². The smallest absolute Gasteiger partial charge is 0.340 e. The molecule has 1 heterocycles. The predicted octanol–water partition coefficient (Wildman–Crippen LogP) is 1.07. The van der Waals surface area contributed by atoms with Gasteiger partial charge in [-0.1, -0.05) is 6.92 Å². The van der Waals surface area contributed by atoms with Gasteiger partial charge in [0, 0.05) is 6.42 Å². The molecule has 0 bridgehead atoms. The van der Waals surface area contributed by atoms with Gasteiger partial charge in [0.25, 0.3) is 0 Å². The Morgan fingerprint density at radius 1 is 1.60 bits per heavy atom. The molecule has 0 N–H and O–H groups in total. The number of esters is 1. The molecule has 1 saturated heterocycles. The van der Waals surface area contributed by atoms with Crippen molar-refractivity contribution >= 4 is 5.97 Å². The highest BCUT2D eigenvalue weighted by Crippen LogP contribution is 2.24. The molecule has 0 saturated carbocycles. The maximum Gasteiger partial charge on any atom is 0.340 e. The standard InChI is InChI=1S/C7H12O3/c1-4-5-9-6(8)7(2,3)10-5/h5H,4H2,1-3H3. The van der Waals surface area contributed by atoms with E-state index >= 15 is 0 Å². The lowest BCUT2D eigenvalue weighted by molar-refractivity contribution is -0.144. The zero-order valence-electron chi connectivity index (χ0n) is 6.51. The van der Waals surface area contributed by atoms with Crippen molar-refractivity contribution in [2.24, 2.45) is 0 Å². The van der Waals surface area contributed by atoms with Crippen LogP contribution in [0.4, 0.5) is 0 Å². The molecule has 1 aliphatic rings. The number of carbonyl (C=O) groups excluding carboxylic acids is 1. The van der Waals surface area contributed by atoms with E-state index in [4.69, 9.17) is 9.47 Å². The zero-order valence-corrected chi connectivity index (χ0v) is 6.51. The lowest BCUT2D eigenvalue weighted by Gasteiger charge is -2.10. The first-order valence-corrected chi connectivity index (χ1v) is 3.45. The number of rotatable bonds is 1. The molecule has 10 heavy (non-hydrogen) atoms. The Kier molecular flexibility index (Phi) is 1.68. The highest BCUT2D eigenvalue weighted by Gasteiger charge is 2.41. The molecule has 58 valence electrons. The predicted molar refractivity (Wildman–Crippen MR) is 35.3 cm³/mol. The van der Waals surface area contributed by atoms with Crippen molar-refractivity contribution in [2.75, 3.05) is 0 Å². The van der Waals surface area contributed by atoms with Gasteiger partial charge in [-0.3, -0.25) is 0 Å². The van der Waals surface area contributed by atoms with Gasteiger partial charge in [0.15, 0.2) is 5.60 Å². The summed E-state index contributed by atoms with van der Waals surface area (Å²) in [6.45, 7) is 5.34. The molecule has 0 aromatic rings. The van der Waals surface area contributed by atoms with Crippen LogP contribution in [0.1, 0.15) is 27.2 Å². The van der Waals surface area contributed by atoms with Crippen LogP contribution in [0.5, 0.6) is 0 Å². The first-order chi connectivity index (χ1) is 4.56. The number of ether oxygens (including phenoxy) is 2. The molecule has 0 spiro atoms. The Bertz CT molecular complexity index is 151. The summed E-state index contributed by atoms with van der Waals surface area (Å²) >= 11 is 0. The van der Waals surface area contributed by atoms with Gasteiger partial charge < -0.3 is 9.47 Å². The van der Waals surface area contributed by atoms with E-state index in [-0.39, 0.29) is 12.3 Å². The minimum absolute atomic E-state index is 0.264. The van der Waals surface area contributed by atoms with Crippen molar-refractivity contribution in [3.8, 4) is 0 Å². The first-order valence-electron chi connectivity index (χ1n) is 3.45. The Balaban J connectivity index is 2.62. The van der Waals surface area contributed by atoms with Crippen molar-refractivity contribution in [3.05, 3.63) is 0 Å². The number of hydrogen-bond acceptors (Lipinski definition) is 3. The minimum atomic E-state index is -0.735. The highest BCUT2D eigenvalue weighted by molar-refractivity contribution is 5.79. The van der Waals surface area contributed by atoms with Gasteiger partial charge in [0.1, 0.15) is 0 Å². The molecule has 1 aliphatic heterocycles. The van der Waals surface area contributed by atoms with E-state index in [0.29, 0.717) is 0 Å². The van der Waals surface area contributed by atoms with E-state index in [9.17, 15) is 4.79 Å². The lowest BCUT2D eigenvalue weighted by atomic mass is 10.1. The Morgan fingerprint density at radius 3 is 2.40 bits per heavy atom. The summed E-state index contributed by atoms with van der Waals surface area (Å²) in [5, 5.41) is 0. The van der Waals surface area contributed by atoms with Crippen molar-refractivity contribution in [3.63, 3.8) is 0 Å². The number of hydrogen-bond donors (Lipinski definition) is 0. The largest absolute Gasteiger partial charge is 0.434 e. The molecule has 3 heteroatoms. The normalized spacial score (nSPS) is 30.3. The fourth-order valence-corrected chi connectivity index (χ4v) is 0.829. The van der Waals surface area contributed by atoms with Gasteiger partial charge in [-0.25, -0.2) is 4.79 Å². The van der Waals surface area contributed by atoms with E-state index in [1.165, 1.54) is 0 Å². The molecule has 1 fully saturated rings. The maximum atomic E-state index is 10.9. The van der Waals surface area contributed by atoms with Crippen molar-refractivity contribution < 1.29 is 14.3 Å². The molecular weight excluding hydrogens is 132 g/mol. The van der Waals surface area contributed by atoms with E-state index in [1.54, 1.807) is 13.8 Å². The van der Waals surface area contributed by atoms with Crippen LogP contribution >= 0.6 is 0 Å². The third kappa shape index (κ3) is 1.14. The van der Waals surface area contributed by atoms with Crippen LogP contribution in [0.3, 0.4) is 0 Å². The van der Waals surface area contributed by atoms with Crippen molar-refractivity contribution in [1.82, 2.24) is 0 Å². The molecule has 3 nitrogen and oxygen atoms in total. The Hall–Kier alpha value is -0.570. The fourth-order valence-electron chi connectivity index (χ4n) is 0.829. The minimum Gasteiger partial charge on any atom is -0.434 e. The van der Waals surface area contributed by atoms with E-state index in [2.05, 4.69) is 0 Å². The van der Waals surface area contributed by atoms with Gasteiger partial charge in [-0.15, -0.1) is 0 Å². The SMILES string of the molecule is CCC1OC(=O)C(C)(C)O1. The van der Waals surface area contributed by atoms with Gasteiger partial charge in [-0.2, -0.15) is 0 Å². The highest BCUT2D eigenvalue weighted by atomic mass is 16.8. The third-order valence-corrected chi connectivity index (χ3v) is 1.49. The topological polar surface area (TPSA) is 35.5 Å². The van der Waals surface area contributed by atoms with Crippen molar-refractivity contribution in [1.29, 1.82) is 0 Å². The van der Waals surface area contributed by atoms with E-state index in [0.717, 1.165) is 6.42 Å². The summed E-state index contributed by atoms with van der Waals surface area (Å²) in [6, 6.07) is 0. The quantitative estimate of drug-likeness (QED) is 0.516. The van der Waals surface area contributed by atoms with Gasteiger partial charge in [0.2, 0.25) is 6.29 Å². The summed E-state index contributed by atoms with van der Waals surface area (Å²) in [4.78, 5) is 10.9. The summed E-state index contributed by atoms with van der Waals surface area (Å²) in [5.41, 5.74) is -0.735. The summed E-state index contributed by atoms with van der Waals surface area (Å²) in [6.07, 6.45) is 0.386. The lowest BCUT2D eigenvalue weighted by Crippen LogP contribution is -2.27. The molecule has 0 radical (unpaired) electrons. The average Bonchev–Trinajstić information content (AvgIpc) is 2.08. The van der Waals surface area contributed by atoms with Crippen molar-refractivity contribution in [2.45, 2.75) is 39.1 Å². The monoisotopic (exact) mass is 144 g/mol. The van der Waals surface area contributed by atoms with Crippen LogP contribution < -0.4 is 0 Å². The Labute approximate surface area is 60.3 Å². The second-order valence-corrected chi connectivity index (χ2v) is 2.87. The Morgan fingerprint density at radius 2 is 2.20 bits per heavy atom. The van der Waals surface area contributed by atoms with Crippen LogP contribution in [0.15, 0.2) is 0 Å². The van der Waals surface area contributed by atoms with Crippen LogP contribution in [-0.2, 0) is 14.3 Å². The second-order valence-electron chi connectivity index (χ2n) is 2.87. The van der Waals surface area contributed by atoms with E-state index in [1.807, 2.05) is 6.92 Å². The van der Waals surface area contributed by atoms with Gasteiger partial charge in [-0.05, 0) is 13.8 Å². The average molecular weight is 144 g/mol. The van der Waals surface area contributed by atoms with E-state index < -0.39 is 5.60 Å². The second kappa shape index (κ2) is 2.23. The molecule has 0 aromatic carbocycles. The molecule has 1 rings (SSSR count). The molecule has 0 aromatic heterocycles.